The van der Waals surface area contributed by atoms with E-state index in [1.165, 1.54) is 18.5 Å². The highest BCUT2D eigenvalue weighted by atomic mass is 32.2. The number of fused-ring (bicyclic) bond motifs is 1. The molecule has 2 fully saturated rings. The average Bonchev–Trinajstić information content (AvgIpc) is 3.58. The Morgan fingerprint density at radius 1 is 1.06 bits per heavy atom. The third-order valence-electron chi connectivity index (χ3n) is 6.85. The molecular weight excluding hydrogens is 436 g/mol. The highest BCUT2D eigenvalue weighted by Gasteiger charge is 2.30. The van der Waals surface area contributed by atoms with Gasteiger partial charge in [-0.3, -0.25) is 9.78 Å². The van der Waals surface area contributed by atoms with Gasteiger partial charge >= 0.3 is 0 Å². The first-order chi connectivity index (χ1) is 15.9. The van der Waals surface area contributed by atoms with Gasteiger partial charge in [-0.15, -0.1) is 0 Å². The van der Waals surface area contributed by atoms with E-state index in [1.807, 2.05) is 31.2 Å². The Kier molecular flexibility index (Phi) is 5.97. The molecule has 2 aliphatic carbocycles. The Balaban J connectivity index is 1.17. The van der Waals surface area contributed by atoms with E-state index in [0.717, 1.165) is 16.6 Å². The highest BCUT2D eigenvalue weighted by Crippen LogP contribution is 2.40. The van der Waals surface area contributed by atoms with Crippen LogP contribution in [0.15, 0.2) is 53.6 Å². The Bertz CT molecular complexity index is 1240. The molecule has 2 aromatic heterocycles. The molecule has 0 radical (unpaired) electrons. The van der Waals surface area contributed by atoms with Crippen LogP contribution in [-0.4, -0.2) is 30.3 Å². The van der Waals surface area contributed by atoms with Crippen molar-refractivity contribution in [2.24, 2.45) is 5.92 Å². The SMILES string of the molecule is C[C@@H](NC(=O)[C@H]1CC[C@H](NS(=O)(=O)c2ccc3cc(C4CC4)[nH]c3c2)CC1)c1ccccn1. The molecule has 0 bridgehead atoms. The number of sulfonamides is 1. The fourth-order valence-electron chi connectivity index (χ4n) is 4.71. The number of carbonyl (C=O) groups is 1. The number of aromatic nitrogens is 2. The van der Waals surface area contributed by atoms with Gasteiger partial charge in [-0.1, -0.05) is 12.1 Å². The lowest BCUT2D eigenvalue weighted by atomic mass is 9.86. The number of benzene rings is 1. The summed E-state index contributed by atoms with van der Waals surface area (Å²) in [5.41, 5.74) is 2.89. The van der Waals surface area contributed by atoms with Gasteiger partial charge in [0.1, 0.15) is 0 Å². The van der Waals surface area contributed by atoms with Crippen molar-refractivity contribution in [1.82, 2.24) is 20.0 Å². The third kappa shape index (κ3) is 4.96. The fraction of sp³-hybridized carbons (Fsp3) is 0.440. The minimum Gasteiger partial charge on any atom is -0.358 e. The molecule has 2 heterocycles. The Hall–Kier alpha value is -2.71. The molecule has 1 amide bonds. The number of aromatic amines is 1. The van der Waals surface area contributed by atoms with E-state index in [0.29, 0.717) is 31.6 Å². The molecule has 8 heteroatoms. The van der Waals surface area contributed by atoms with E-state index in [2.05, 4.69) is 26.1 Å². The van der Waals surface area contributed by atoms with Gasteiger partial charge in [0.25, 0.3) is 0 Å². The predicted molar refractivity (Wildman–Crippen MR) is 127 cm³/mol. The van der Waals surface area contributed by atoms with Crippen LogP contribution in [0.5, 0.6) is 0 Å². The zero-order valence-corrected chi connectivity index (χ0v) is 19.6. The summed E-state index contributed by atoms with van der Waals surface area (Å²) in [6.45, 7) is 1.93. The summed E-state index contributed by atoms with van der Waals surface area (Å²) in [4.78, 5) is 20.6. The molecule has 7 nitrogen and oxygen atoms in total. The maximum absolute atomic E-state index is 13.0. The first kappa shape index (κ1) is 22.1. The van der Waals surface area contributed by atoms with Crippen molar-refractivity contribution in [1.29, 1.82) is 0 Å². The molecule has 3 N–H and O–H groups in total. The fourth-order valence-corrected chi connectivity index (χ4v) is 6.04. The van der Waals surface area contributed by atoms with Gasteiger partial charge in [-0.25, -0.2) is 13.1 Å². The molecular formula is C25H30N4O3S. The van der Waals surface area contributed by atoms with Crippen molar-refractivity contribution in [3.63, 3.8) is 0 Å². The second-order valence-electron chi connectivity index (χ2n) is 9.40. The summed E-state index contributed by atoms with van der Waals surface area (Å²) >= 11 is 0. The first-order valence-electron chi connectivity index (χ1n) is 11.8. The Labute approximate surface area is 194 Å². The Morgan fingerprint density at radius 2 is 1.85 bits per heavy atom. The number of hydrogen-bond acceptors (Lipinski definition) is 4. The van der Waals surface area contributed by atoms with Crippen molar-refractivity contribution in [2.75, 3.05) is 0 Å². The number of nitrogens with one attached hydrogen (secondary N) is 3. The van der Waals surface area contributed by atoms with Crippen LogP contribution in [-0.2, 0) is 14.8 Å². The smallest absolute Gasteiger partial charge is 0.240 e. The van der Waals surface area contributed by atoms with E-state index in [4.69, 9.17) is 0 Å². The molecule has 0 aliphatic heterocycles. The van der Waals surface area contributed by atoms with Gasteiger partial charge in [-0.05, 0) is 87.1 Å². The molecule has 174 valence electrons. The minimum absolute atomic E-state index is 0.0122. The molecule has 0 unspecified atom stereocenters. The van der Waals surface area contributed by atoms with Crippen molar-refractivity contribution in [3.8, 4) is 0 Å². The topological polar surface area (TPSA) is 104 Å². The lowest BCUT2D eigenvalue weighted by Crippen LogP contribution is -2.41. The quantitative estimate of drug-likeness (QED) is 0.486. The van der Waals surface area contributed by atoms with Crippen LogP contribution < -0.4 is 10.0 Å². The van der Waals surface area contributed by atoms with Gasteiger partial charge in [-0.2, -0.15) is 0 Å². The monoisotopic (exact) mass is 466 g/mol. The van der Waals surface area contributed by atoms with Crippen LogP contribution in [0, 0.1) is 5.92 Å². The molecule has 33 heavy (non-hydrogen) atoms. The highest BCUT2D eigenvalue weighted by molar-refractivity contribution is 7.89. The number of amides is 1. The molecule has 3 aromatic rings. The normalized spacial score (nSPS) is 22.2. The number of hydrogen-bond donors (Lipinski definition) is 3. The summed E-state index contributed by atoms with van der Waals surface area (Å²) in [7, 11) is -3.62. The number of rotatable bonds is 7. The zero-order valence-electron chi connectivity index (χ0n) is 18.8. The minimum atomic E-state index is -3.62. The van der Waals surface area contributed by atoms with E-state index >= 15 is 0 Å². The molecule has 0 spiro atoms. The van der Waals surface area contributed by atoms with E-state index in [9.17, 15) is 13.2 Å². The largest absolute Gasteiger partial charge is 0.358 e. The van der Waals surface area contributed by atoms with Crippen LogP contribution in [0.25, 0.3) is 10.9 Å². The van der Waals surface area contributed by atoms with Crippen LogP contribution in [0.1, 0.15) is 68.8 Å². The second kappa shape index (κ2) is 8.91. The lowest BCUT2D eigenvalue weighted by molar-refractivity contribution is -0.126. The van der Waals surface area contributed by atoms with Gasteiger partial charge in [0.2, 0.25) is 15.9 Å². The van der Waals surface area contributed by atoms with Crippen LogP contribution >= 0.6 is 0 Å². The number of carbonyl (C=O) groups excluding carboxylic acids is 1. The molecule has 1 atom stereocenters. The molecule has 5 rings (SSSR count). The van der Waals surface area contributed by atoms with Crippen molar-refractivity contribution >= 4 is 26.8 Å². The summed E-state index contributed by atoms with van der Waals surface area (Å²) in [5.74, 6) is 0.501. The summed E-state index contributed by atoms with van der Waals surface area (Å²) < 4.78 is 28.9. The summed E-state index contributed by atoms with van der Waals surface area (Å²) in [6, 6.07) is 12.7. The van der Waals surface area contributed by atoms with Crippen LogP contribution in [0.2, 0.25) is 0 Å². The third-order valence-corrected chi connectivity index (χ3v) is 8.37. The Morgan fingerprint density at radius 3 is 2.55 bits per heavy atom. The van der Waals surface area contributed by atoms with Crippen LogP contribution in [0.3, 0.4) is 0 Å². The van der Waals surface area contributed by atoms with Gasteiger partial charge in [0.15, 0.2) is 0 Å². The number of H-pyrrole nitrogens is 1. The van der Waals surface area contributed by atoms with Crippen molar-refractivity contribution in [2.45, 2.75) is 68.3 Å². The summed E-state index contributed by atoms with van der Waals surface area (Å²) in [6.07, 6.45) is 6.72. The number of nitrogens with zero attached hydrogens (tertiary/aromatic N) is 1. The van der Waals surface area contributed by atoms with E-state index < -0.39 is 10.0 Å². The first-order valence-corrected chi connectivity index (χ1v) is 13.2. The van der Waals surface area contributed by atoms with Gasteiger partial charge < -0.3 is 10.3 Å². The van der Waals surface area contributed by atoms with Gasteiger partial charge in [0, 0.05) is 29.4 Å². The average molecular weight is 467 g/mol. The second-order valence-corrected chi connectivity index (χ2v) is 11.1. The maximum Gasteiger partial charge on any atom is 0.240 e. The molecule has 0 saturated heterocycles. The predicted octanol–water partition coefficient (Wildman–Crippen LogP) is 4.15. The van der Waals surface area contributed by atoms with Gasteiger partial charge in [0.05, 0.1) is 16.6 Å². The van der Waals surface area contributed by atoms with Crippen LogP contribution in [0.4, 0.5) is 0 Å². The maximum atomic E-state index is 13.0. The molecule has 2 saturated carbocycles. The molecule has 1 aromatic carbocycles. The molecule has 2 aliphatic rings. The number of pyridine rings is 1. The zero-order chi connectivity index (χ0) is 23.0. The van der Waals surface area contributed by atoms with E-state index in [-0.39, 0.29) is 28.8 Å². The standard InChI is InChI=1S/C25H30N4O3S/c1-16(22-4-2-3-13-26-22)27-25(30)18-7-10-20(11-8-18)29-33(31,32)21-12-9-19-14-23(17-5-6-17)28-24(19)15-21/h2-4,9,12-18,20,28-29H,5-8,10-11H2,1H3,(H,27,30)/t16-,18-,20-/m1/s1. The van der Waals surface area contributed by atoms with Crippen molar-refractivity contribution in [3.05, 3.63) is 60.0 Å². The van der Waals surface area contributed by atoms with E-state index in [1.54, 1.807) is 18.3 Å². The lowest BCUT2D eigenvalue weighted by Gasteiger charge is -2.29. The summed E-state index contributed by atoms with van der Waals surface area (Å²) in [5, 5.41) is 4.09. The van der Waals surface area contributed by atoms with Crippen molar-refractivity contribution < 1.29 is 13.2 Å².